The van der Waals surface area contributed by atoms with Crippen molar-refractivity contribution in [3.8, 4) is 6.07 Å². The Balaban J connectivity index is 2.38. The van der Waals surface area contributed by atoms with Gasteiger partial charge in [-0.05, 0) is 31.2 Å². The summed E-state index contributed by atoms with van der Waals surface area (Å²) in [7, 11) is 0. The smallest absolute Gasteiger partial charge is 0.272 e. The first kappa shape index (κ1) is 14.3. The molecule has 0 aliphatic rings. The van der Waals surface area contributed by atoms with E-state index in [1.165, 1.54) is 24.4 Å². The molecule has 0 bridgehead atoms. The molecule has 1 heterocycles. The molecule has 0 fully saturated rings. The third kappa shape index (κ3) is 2.92. The maximum absolute atomic E-state index is 12.4. The maximum atomic E-state index is 12.4. The molecule has 0 aliphatic heterocycles. The van der Waals surface area contributed by atoms with Crippen LogP contribution in [0, 0.1) is 28.4 Å². The van der Waals surface area contributed by atoms with E-state index in [1.54, 1.807) is 25.1 Å². The molecule has 104 valence electrons. The number of hydrogen-bond donors (Lipinski definition) is 0. The lowest BCUT2D eigenvalue weighted by atomic mass is 9.94. The Morgan fingerprint density at radius 3 is 2.67 bits per heavy atom. The molecule has 0 saturated heterocycles. The van der Waals surface area contributed by atoms with Crippen molar-refractivity contribution in [2.45, 2.75) is 12.8 Å². The fourth-order valence-electron chi connectivity index (χ4n) is 1.99. The van der Waals surface area contributed by atoms with E-state index in [2.05, 4.69) is 4.98 Å². The lowest BCUT2D eigenvalue weighted by molar-refractivity contribution is -0.385. The minimum atomic E-state index is -1.02. The quantitative estimate of drug-likeness (QED) is 0.487. The summed E-state index contributed by atoms with van der Waals surface area (Å²) in [5, 5.41) is 20.0. The number of nitro benzene ring substituents is 1. The van der Waals surface area contributed by atoms with Crippen molar-refractivity contribution in [1.29, 1.82) is 5.26 Å². The van der Waals surface area contributed by atoms with Crippen LogP contribution in [0.2, 0.25) is 0 Å². The highest BCUT2D eigenvalue weighted by molar-refractivity contribution is 6.02. The first-order valence-electron chi connectivity index (χ1n) is 6.14. The highest BCUT2D eigenvalue weighted by Gasteiger charge is 2.24. The van der Waals surface area contributed by atoms with Crippen LogP contribution in [0.25, 0.3) is 0 Å². The third-order valence-electron chi connectivity index (χ3n) is 3.05. The minimum Gasteiger partial charge on any atom is -0.292 e. The molecule has 0 saturated carbocycles. The number of aryl methyl sites for hydroxylation is 1. The number of aromatic nitrogens is 1. The van der Waals surface area contributed by atoms with Crippen LogP contribution in [0.5, 0.6) is 0 Å². The van der Waals surface area contributed by atoms with Gasteiger partial charge >= 0.3 is 0 Å². The molecule has 0 radical (unpaired) electrons. The Kier molecular flexibility index (Phi) is 4.05. The number of carbonyl (C=O) groups excluding carboxylic acids is 1. The summed E-state index contributed by atoms with van der Waals surface area (Å²) in [6.07, 6.45) is 1.51. The van der Waals surface area contributed by atoms with Gasteiger partial charge in [-0.1, -0.05) is 6.07 Å². The molecule has 21 heavy (non-hydrogen) atoms. The number of ketones is 1. The van der Waals surface area contributed by atoms with Crippen LogP contribution in [-0.4, -0.2) is 15.7 Å². The largest absolute Gasteiger partial charge is 0.292 e. The Bertz CT molecular complexity index is 736. The standard InChI is InChI=1S/C15H11N3O3/c1-10-8-11(5-6-14(10)18(20)21)15(19)12(9-16)13-4-2-3-7-17-13/h2-8,12H,1H3. The van der Waals surface area contributed by atoms with Crippen molar-refractivity contribution in [1.82, 2.24) is 4.98 Å². The van der Waals surface area contributed by atoms with Gasteiger partial charge in [-0.25, -0.2) is 0 Å². The number of nitro groups is 1. The minimum absolute atomic E-state index is 0.0575. The van der Waals surface area contributed by atoms with Crippen LogP contribution in [0.3, 0.4) is 0 Å². The molecule has 1 aromatic heterocycles. The number of pyridine rings is 1. The zero-order chi connectivity index (χ0) is 15.4. The lowest BCUT2D eigenvalue weighted by Crippen LogP contribution is -2.13. The Hall–Kier alpha value is -3.07. The van der Waals surface area contributed by atoms with Gasteiger partial charge in [-0.15, -0.1) is 0 Å². The topological polar surface area (TPSA) is 96.9 Å². The van der Waals surface area contributed by atoms with Gasteiger partial charge in [0.1, 0.15) is 0 Å². The van der Waals surface area contributed by atoms with Gasteiger partial charge in [-0.2, -0.15) is 5.26 Å². The van der Waals surface area contributed by atoms with Crippen molar-refractivity contribution < 1.29 is 9.72 Å². The van der Waals surface area contributed by atoms with Gasteiger partial charge in [0.2, 0.25) is 0 Å². The molecule has 1 unspecified atom stereocenters. The summed E-state index contributed by atoms with van der Waals surface area (Å²) >= 11 is 0. The third-order valence-corrected chi connectivity index (χ3v) is 3.05. The van der Waals surface area contributed by atoms with Gasteiger partial charge < -0.3 is 0 Å². The predicted octanol–water partition coefficient (Wildman–Crippen LogP) is 2.79. The average Bonchev–Trinajstić information content (AvgIpc) is 2.48. The number of hydrogen-bond acceptors (Lipinski definition) is 5. The molecule has 0 aliphatic carbocycles. The van der Waals surface area contributed by atoms with E-state index in [4.69, 9.17) is 0 Å². The molecule has 1 aromatic carbocycles. The van der Waals surface area contributed by atoms with Crippen LogP contribution in [0.15, 0.2) is 42.6 Å². The van der Waals surface area contributed by atoms with E-state index in [0.29, 0.717) is 11.3 Å². The predicted molar refractivity (Wildman–Crippen MR) is 74.8 cm³/mol. The Labute approximate surface area is 120 Å². The van der Waals surface area contributed by atoms with Crippen LogP contribution in [0.1, 0.15) is 27.5 Å². The summed E-state index contributed by atoms with van der Waals surface area (Å²) in [5.74, 6) is -1.44. The zero-order valence-corrected chi connectivity index (χ0v) is 11.2. The average molecular weight is 281 g/mol. The van der Waals surface area contributed by atoms with Crippen molar-refractivity contribution in [2.75, 3.05) is 0 Å². The van der Waals surface area contributed by atoms with E-state index in [9.17, 15) is 20.2 Å². The molecular weight excluding hydrogens is 270 g/mol. The summed E-state index contributed by atoms with van der Waals surface area (Å²) in [6, 6.07) is 11.0. The van der Waals surface area contributed by atoms with E-state index in [0.717, 1.165) is 0 Å². The fraction of sp³-hybridized carbons (Fsp3) is 0.133. The van der Waals surface area contributed by atoms with Crippen molar-refractivity contribution in [3.05, 3.63) is 69.5 Å². The number of Topliss-reactive ketones (excluding diaryl/α,β-unsaturated/α-hetero) is 1. The molecule has 0 N–H and O–H groups in total. The zero-order valence-electron chi connectivity index (χ0n) is 11.2. The monoisotopic (exact) mass is 281 g/mol. The molecule has 0 spiro atoms. The highest BCUT2D eigenvalue weighted by Crippen LogP contribution is 2.23. The van der Waals surface area contributed by atoms with Crippen LogP contribution >= 0.6 is 0 Å². The van der Waals surface area contributed by atoms with Gasteiger partial charge in [0.25, 0.3) is 5.69 Å². The Morgan fingerprint density at radius 1 is 1.38 bits per heavy atom. The van der Waals surface area contributed by atoms with Crippen LogP contribution < -0.4 is 0 Å². The molecule has 2 rings (SSSR count). The second-order valence-electron chi connectivity index (χ2n) is 4.44. The molecule has 6 nitrogen and oxygen atoms in total. The molecule has 2 aromatic rings. The summed E-state index contributed by atoms with van der Waals surface area (Å²) in [5.41, 5.74) is 0.942. The number of benzene rings is 1. The Morgan fingerprint density at radius 2 is 2.14 bits per heavy atom. The van der Waals surface area contributed by atoms with E-state index in [1.807, 2.05) is 6.07 Å². The second kappa shape index (κ2) is 5.92. The molecular formula is C15H11N3O3. The number of nitrogens with zero attached hydrogens (tertiary/aromatic N) is 3. The van der Waals surface area contributed by atoms with Crippen LogP contribution in [-0.2, 0) is 0 Å². The van der Waals surface area contributed by atoms with Crippen molar-refractivity contribution >= 4 is 11.5 Å². The fourth-order valence-corrected chi connectivity index (χ4v) is 1.99. The van der Waals surface area contributed by atoms with Crippen molar-refractivity contribution in [3.63, 3.8) is 0 Å². The number of carbonyl (C=O) groups is 1. The van der Waals surface area contributed by atoms with E-state index >= 15 is 0 Å². The summed E-state index contributed by atoms with van der Waals surface area (Å²) in [4.78, 5) is 26.7. The molecule has 0 amide bonds. The molecule has 1 atom stereocenters. The second-order valence-corrected chi connectivity index (χ2v) is 4.44. The van der Waals surface area contributed by atoms with Gasteiger partial charge in [0.15, 0.2) is 11.7 Å². The number of nitriles is 1. The number of rotatable bonds is 4. The van der Waals surface area contributed by atoms with Gasteiger partial charge in [0, 0.05) is 23.4 Å². The summed E-state index contributed by atoms with van der Waals surface area (Å²) < 4.78 is 0. The van der Waals surface area contributed by atoms with Crippen molar-refractivity contribution in [2.24, 2.45) is 0 Å². The van der Waals surface area contributed by atoms with Crippen LogP contribution in [0.4, 0.5) is 5.69 Å². The normalized spacial score (nSPS) is 11.4. The maximum Gasteiger partial charge on any atom is 0.272 e. The van der Waals surface area contributed by atoms with E-state index in [-0.39, 0.29) is 11.3 Å². The van der Waals surface area contributed by atoms with Gasteiger partial charge in [0.05, 0.1) is 16.7 Å². The molecule has 6 heteroatoms. The highest BCUT2D eigenvalue weighted by atomic mass is 16.6. The van der Waals surface area contributed by atoms with Gasteiger partial charge in [-0.3, -0.25) is 19.9 Å². The first-order chi connectivity index (χ1) is 10.0. The summed E-state index contributed by atoms with van der Waals surface area (Å²) in [6.45, 7) is 1.55. The first-order valence-corrected chi connectivity index (χ1v) is 6.14. The SMILES string of the molecule is Cc1cc(C(=O)C(C#N)c2ccccn2)ccc1[N+](=O)[O-]. The van der Waals surface area contributed by atoms with E-state index < -0.39 is 16.6 Å². The lowest BCUT2D eigenvalue weighted by Gasteiger charge is -2.08.